The van der Waals surface area contributed by atoms with Crippen LogP contribution in [0.1, 0.15) is 61.4 Å². The zero-order valence-electron chi connectivity index (χ0n) is 20.7. The molecule has 0 radical (unpaired) electrons. The number of anilines is 1. The summed E-state index contributed by atoms with van der Waals surface area (Å²) in [5, 5.41) is 6.55. The molecule has 1 saturated heterocycles. The first-order chi connectivity index (χ1) is 17.0. The predicted molar refractivity (Wildman–Crippen MR) is 135 cm³/mol. The summed E-state index contributed by atoms with van der Waals surface area (Å²) in [4.78, 5) is 8.86. The van der Waals surface area contributed by atoms with Gasteiger partial charge in [-0.25, -0.2) is 9.97 Å². The van der Waals surface area contributed by atoms with Crippen molar-refractivity contribution >= 4 is 17.4 Å². The number of unbranched alkanes of at least 4 members (excludes halogenated alkanes) is 2. The fraction of sp³-hybridized carbons (Fsp3) is 0.615. The van der Waals surface area contributed by atoms with Crippen molar-refractivity contribution in [2.45, 2.75) is 70.4 Å². The third-order valence-corrected chi connectivity index (χ3v) is 6.39. The molecule has 0 amide bonds. The molecule has 1 unspecified atom stereocenters. The quantitative estimate of drug-likeness (QED) is 0.243. The number of nitrogens with one attached hydrogen (secondary N) is 2. The van der Waals surface area contributed by atoms with Gasteiger partial charge in [0.25, 0.3) is 5.92 Å². The van der Waals surface area contributed by atoms with Gasteiger partial charge in [0.1, 0.15) is 11.9 Å². The summed E-state index contributed by atoms with van der Waals surface area (Å²) in [6, 6.07) is 6.50. The van der Waals surface area contributed by atoms with Gasteiger partial charge in [0, 0.05) is 37.4 Å². The zero-order chi connectivity index (χ0) is 25.1. The van der Waals surface area contributed by atoms with Crippen molar-refractivity contribution in [3.05, 3.63) is 51.9 Å². The second-order valence-electron chi connectivity index (χ2n) is 8.83. The standard InChI is InChI=1S/C26H37ClF2N4O2/c1-3-21-22(11-5-4-6-14-34-16-13-30-2)32-25(27)33-24(21)31-18-19-9-7-10-20(17-19)26(28,29)23-12-8-15-35-23/h7,9-10,17,23,30H,3-6,8,11-16,18H2,1-2H3,(H,31,32,33). The van der Waals surface area contributed by atoms with E-state index in [1.807, 2.05) is 13.1 Å². The third-order valence-electron chi connectivity index (χ3n) is 6.22. The molecule has 1 aliphatic heterocycles. The van der Waals surface area contributed by atoms with Crippen LogP contribution in [0.2, 0.25) is 5.28 Å². The first-order valence-electron chi connectivity index (χ1n) is 12.6. The fourth-order valence-corrected chi connectivity index (χ4v) is 4.48. The van der Waals surface area contributed by atoms with Crippen LogP contribution in [0.4, 0.5) is 14.6 Å². The number of alkyl halides is 2. The highest BCUT2D eigenvalue weighted by Gasteiger charge is 2.43. The first kappa shape index (κ1) is 27.7. The molecule has 2 aromatic rings. The topological polar surface area (TPSA) is 68.3 Å². The number of likely N-dealkylation sites (N-methyl/N-ethyl adjacent to an activating group) is 1. The number of nitrogens with zero attached hydrogens (tertiary/aromatic N) is 2. The Labute approximate surface area is 212 Å². The lowest BCUT2D eigenvalue weighted by molar-refractivity contribution is -0.122. The number of ether oxygens (including phenoxy) is 2. The van der Waals surface area contributed by atoms with Gasteiger partial charge < -0.3 is 20.1 Å². The van der Waals surface area contributed by atoms with E-state index in [1.165, 1.54) is 6.07 Å². The first-order valence-corrected chi connectivity index (χ1v) is 12.9. The lowest BCUT2D eigenvalue weighted by atomic mass is 9.99. The average Bonchev–Trinajstić information content (AvgIpc) is 3.40. The highest BCUT2D eigenvalue weighted by Crippen LogP contribution is 2.38. The Morgan fingerprint density at radius 3 is 2.80 bits per heavy atom. The Morgan fingerprint density at radius 1 is 1.20 bits per heavy atom. The number of hydrogen-bond donors (Lipinski definition) is 2. The molecule has 0 aliphatic carbocycles. The van der Waals surface area contributed by atoms with E-state index in [1.54, 1.807) is 12.1 Å². The fourth-order valence-electron chi connectivity index (χ4n) is 4.30. The van der Waals surface area contributed by atoms with E-state index >= 15 is 0 Å². The molecule has 0 saturated carbocycles. The van der Waals surface area contributed by atoms with E-state index in [0.717, 1.165) is 68.7 Å². The Bertz CT molecular complexity index is 926. The Morgan fingerprint density at radius 2 is 2.06 bits per heavy atom. The van der Waals surface area contributed by atoms with Gasteiger partial charge in [0.15, 0.2) is 0 Å². The molecule has 194 valence electrons. The Balaban J connectivity index is 1.59. The van der Waals surface area contributed by atoms with Gasteiger partial charge in [-0.2, -0.15) is 8.78 Å². The monoisotopic (exact) mass is 510 g/mol. The van der Waals surface area contributed by atoms with E-state index in [4.69, 9.17) is 21.1 Å². The lowest BCUT2D eigenvalue weighted by Gasteiger charge is -2.23. The Hall–Kier alpha value is -1.87. The maximum absolute atomic E-state index is 14.9. The molecule has 0 bridgehead atoms. The minimum absolute atomic E-state index is 0.0178. The van der Waals surface area contributed by atoms with E-state index in [0.29, 0.717) is 31.8 Å². The van der Waals surface area contributed by atoms with Gasteiger partial charge in [-0.15, -0.1) is 0 Å². The predicted octanol–water partition coefficient (Wildman–Crippen LogP) is 5.52. The SMILES string of the molecule is CCc1c(CCCCCOCCNC)nc(Cl)nc1NCc1cccc(C(F)(F)C2CCCO2)c1. The average molecular weight is 511 g/mol. The van der Waals surface area contributed by atoms with Crippen molar-refractivity contribution in [2.75, 3.05) is 38.7 Å². The summed E-state index contributed by atoms with van der Waals surface area (Å²) in [5.74, 6) is -2.35. The van der Waals surface area contributed by atoms with Crippen molar-refractivity contribution in [1.29, 1.82) is 0 Å². The number of benzene rings is 1. The van der Waals surface area contributed by atoms with Gasteiger partial charge in [-0.1, -0.05) is 31.5 Å². The van der Waals surface area contributed by atoms with E-state index in [9.17, 15) is 8.78 Å². The summed E-state index contributed by atoms with van der Waals surface area (Å²) < 4.78 is 40.6. The van der Waals surface area contributed by atoms with Crippen LogP contribution in [0.15, 0.2) is 24.3 Å². The van der Waals surface area contributed by atoms with E-state index in [-0.39, 0.29) is 10.8 Å². The smallest absolute Gasteiger partial charge is 0.298 e. The number of hydrogen-bond acceptors (Lipinski definition) is 6. The zero-order valence-corrected chi connectivity index (χ0v) is 21.5. The van der Waals surface area contributed by atoms with Gasteiger partial charge in [-0.05, 0) is 68.8 Å². The molecule has 6 nitrogen and oxygen atoms in total. The molecule has 1 aliphatic rings. The minimum Gasteiger partial charge on any atom is -0.380 e. The normalized spacial score (nSPS) is 16.1. The van der Waals surface area contributed by atoms with Crippen LogP contribution in [0.5, 0.6) is 0 Å². The van der Waals surface area contributed by atoms with Gasteiger partial charge in [0.2, 0.25) is 5.28 Å². The molecule has 2 heterocycles. The van der Waals surface area contributed by atoms with Crippen LogP contribution in [-0.4, -0.2) is 49.5 Å². The highest BCUT2D eigenvalue weighted by molar-refractivity contribution is 6.28. The van der Waals surface area contributed by atoms with Crippen LogP contribution in [-0.2, 0) is 34.8 Å². The van der Waals surface area contributed by atoms with E-state index in [2.05, 4.69) is 27.5 Å². The molecular weight excluding hydrogens is 474 g/mol. The van der Waals surface area contributed by atoms with Crippen molar-refractivity contribution in [3.8, 4) is 0 Å². The van der Waals surface area contributed by atoms with Crippen LogP contribution in [0.25, 0.3) is 0 Å². The molecule has 3 rings (SSSR count). The van der Waals surface area contributed by atoms with Gasteiger partial charge >= 0.3 is 0 Å². The molecule has 35 heavy (non-hydrogen) atoms. The van der Waals surface area contributed by atoms with E-state index < -0.39 is 12.0 Å². The molecule has 2 N–H and O–H groups in total. The van der Waals surface area contributed by atoms with Crippen LogP contribution >= 0.6 is 11.6 Å². The number of aromatic nitrogens is 2. The van der Waals surface area contributed by atoms with Crippen molar-refractivity contribution in [3.63, 3.8) is 0 Å². The number of rotatable bonds is 15. The van der Waals surface area contributed by atoms with Crippen molar-refractivity contribution < 1.29 is 18.3 Å². The molecule has 1 aromatic carbocycles. The molecule has 1 fully saturated rings. The summed E-state index contributed by atoms with van der Waals surface area (Å²) >= 11 is 6.23. The maximum Gasteiger partial charge on any atom is 0.298 e. The second-order valence-corrected chi connectivity index (χ2v) is 9.16. The minimum atomic E-state index is -3.01. The molecule has 1 atom stereocenters. The summed E-state index contributed by atoms with van der Waals surface area (Å²) in [6.45, 7) is 5.14. The van der Waals surface area contributed by atoms with Crippen molar-refractivity contribution in [2.24, 2.45) is 0 Å². The lowest BCUT2D eigenvalue weighted by Crippen LogP contribution is -2.30. The summed E-state index contributed by atoms with van der Waals surface area (Å²) in [5.41, 5.74) is 2.68. The molecule has 0 spiro atoms. The largest absolute Gasteiger partial charge is 0.380 e. The van der Waals surface area contributed by atoms with Crippen molar-refractivity contribution in [1.82, 2.24) is 15.3 Å². The maximum atomic E-state index is 14.9. The third kappa shape index (κ3) is 8.07. The highest BCUT2D eigenvalue weighted by atomic mass is 35.5. The van der Waals surface area contributed by atoms with Gasteiger partial charge in [0.05, 0.1) is 12.3 Å². The van der Waals surface area contributed by atoms with Crippen LogP contribution < -0.4 is 10.6 Å². The number of halogens is 3. The van der Waals surface area contributed by atoms with Crippen LogP contribution in [0.3, 0.4) is 0 Å². The molecule has 9 heteroatoms. The Kier molecular flexibility index (Phi) is 11.1. The molecule has 1 aromatic heterocycles. The second kappa shape index (κ2) is 14.0. The van der Waals surface area contributed by atoms with Crippen LogP contribution in [0, 0.1) is 0 Å². The molecular formula is C26H37ClF2N4O2. The van der Waals surface area contributed by atoms with Gasteiger partial charge in [-0.3, -0.25) is 0 Å². The summed E-state index contributed by atoms with van der Waals surface area (Å²) in [7, 11) is 1.91. The summed E-state index contributed by atoms with van der Waals surface area (Å²) in [6.07, 6.45) is 4.57. The number of aryl methyl sites for hydroxylation is 1.